The van der Waals surface area contributed by atoms with Gasteiger partial charge in [-0.15, -0.1) is 0 Å². The Bertz CT molecular complexity index is 907. The number of unbranched alkanes of at least 4 members (excludes halogenated alkanes) is 3. The van der Waals surface area contributed by atoms with E-state index in [1.54, 1.807) is 41.9 Å². The highest BCUT2D eigenvalue weighted by Crippen LogP contribution is 2.18. The van der Waals surface area contributed by atoms with E-state index in [-0.39, 0.29) is 12.3 Å². The van der Waals surface area contributed by atoms with Gasteiger partial charge in [0.2, 0.25) is 11.8 Å². The summed E-state index contributed by atoms with van der Waals surface area (Å²) in [5.41, 5.74) is 2.95. The van der Waals surface area contributed by atoms with Crippen molar-refractivity contribution in [2.75, 3.05) is 18.5 Å². The number of amides is 2. The number of rotatable bonds is 16. The number of hydrogen-bond acceptors (Lipinski definition) is 6. The number of carbonyl (C=O) groups excluding carboxylic acids is 2. The Morgan fingerprint density at radius 3 is 2.24 bits per heavy atom. The van der Waals surface area contributed by atoms with Crippen molar-refractivity contribution in [1.82, 2.24) is 10.8 Å². The van der Waals surface area contributed by atoms with Gasteiger partial charge in [0.1, 0.15) is 11.8 Å². The molecule has 0 heterocycles. The summed E-state index contributed by atoms with van der Waals surface area (Å²) in [5.74, 6) is -0.787. The van der Waals surface area contributed by atoms with Crippen LogP contribution in [0.25, 0.3) is 0 Å². The quantitative estimate of drug-likeness (QED) is 0.143. The largest absolute Gasteiger partial charge is 0.493 e. The van der Waals surface area contributed by atoms with Gasteiger partial charge in [0, 0.05) is 24.6 Å². The van der Waals surface area contributed by atoms with E-state index in [2.05, 4.69) is 10.6 Å². The topological polar surface area (TPSA) is 137 Å². The molecule has 0 spiro atoms. The van der Waals surface area contributed by atoms with Gasteiger partial charge in [0.25, 0.3) is 0 Å². The van der Waals surface area contributed by atoms with E-state index in [9.17, 15) is 19.5 Å². The molecule has 0 bridgehead atoms. The Labute approximate surface area is 199 Å². The normalized spacial score (nSPS) is 11.4. The SMILES string of the molecule is O=C(CCCCCCC(=O)Nc1cccc(OCCCN[C@H](C(=O)O)c2ccccc2)c1)NO. The fraction of sp³-hybridized carbons (Fsp3) is 0.400. The van der Waals surface area contributed by atoms with Crippen LogP contribution >= 0.6 is 0 Å². The van der Waals surface area contributed by atoms with Crippen LogP contribution in [0.5, 0.6) is 5.75 Å². The van der Waals surface area contributed by atoms with Crippen molar-refractivity contribution in [3.8, 4) is 5.75 Å². The van der Waals surface area contributed by atoms with Gasteiger partial charge < -0.3 is 20.5 Å². The van der Waals surface area contributed by atoms with Crippen LogP contribution in [0, 0.1) is 0 Å². The molecule has 2 rings (SSSR count). The van der Waals surface area contributed by atoms with Gasteiger partial charge in [-0.3, -0.25) is 19.6 Å². The molecule has 0 saturated heterocycles. The van der Waals surface area contributed by atoms with Gasteiger partial charge in [-0.2, -0.15) is 0 Å². The van der Waals surface area contributed by atoms with Crippen molar-refractivity contribution >= 4 is 23.5 Å². The van der Waals surface area contributed by atoms with Crippen molar-refractivity contribution in [3.05, 3.63) is 60.2 Å². The molecule has 0 saturated carbocycles. The van der Waals surface area contributed by atoms with Crippen LogP contribution in [0.1, 0.15) is 56.6 Å². The van der Waals surface area contributed by atoms with Crippen LogP contribution in [-0.4, -0.2) is 41.2 Å². The molecule has 0 aliphatic rings. The molecule has 1 atom stereocenters. The van der Waals surface area contributed by atoms with Crippen LogP contribution in [0.15, 0.2) is 54.6 Å². The van der Waals surface area contributed by atoms with Gasteiger partial charge in [0.05, 0.1) is 6.61 Å². The van der Waals surface area contributed by atoms with Crippen molar-refractivity contribution in [2.24, 2.45) is 0 Å². The molecule has 2 amide bonds. The highest BCUT2D eigenvalue weighted by Gasteiger charge is 2.18. The second kappa shape index (κ2) is 15.4. The maximum absolute atomic E-state index is 12.1. The molecule has 2 aromatic rings. The second-order valence-electron chi connectivity index (χ2n) is 7.86. The molecule has 0 radical (unpaired) electrons. The molecule has 34 heavy (non-hydrogen) atoms. The van der Waals surface area contributed by atoms with Gasteiger partial charge in [-0.05, 0) is 43.5 Å². The van der Waals surface area contributed by atoms with E-state index in [1.165, 1.54) is 0 Å². The van der Waals surface area contributed by atoms with Crippen molar-refractivity contribution in [1.29, 1.82) is 0 Å². The molecule has 9 nitrogen and oxygen atoms in total. The van der Waals surface area contributed by atoms with Gasteiger partial charge in [-0.25, -0.2) is 5.48 Å². The number of anilines is 1. The van der Waals surface area contributed by atoms with Crippen molar-refractivity contribution in [3.63, 3.8) is 0 Å². The number of nitrogens with one attached hydrogen (secondary N) is 3. The first kappa shape index (κ1) is 26.8. The summed E-state index contributed by atoms with van der Waals surface area (Å²) in [6.07, 6.45) is 4.32. The minimum atomic E-state index is -0.926. The predicted octanol–water partition coefficient (Wildman–Crippen LogP) is 3.66. The summed E-state index contributed by atoms with van der Waals surface area (Å²) in [7, 11) is 0. The number of carbonyl (C=O) groups is 3. The Balaban J connectivity index is 1.64. The predicted molar refractivity (Wildman–Crippen MR) is 128 cm³/mol. The molecule has 0 aliphatic heterocycles. The molecule has 184 valence electrons. The zero-order chi connectivity index (χ0) is 24.6. The van der Waals surface area contributed by atoms with Crippen molar-refractivity contribution < 1.29 is 29.4 Å². The first-order valence-electron chi connectivity index (χ1n) is 11.5. The van der Waals surface area contributed by atoms with Crippen LogP contribution < -0.4 is 20.9 Å². The summed E-state index contributed by atoms with van der Waals surface area (Å²) in [5, 5.41) is 23.8. The number of ether oxygens (including phenoxy) is 1. The molecule has 0 aliphatic carbocycles. The lowest BCUT2D eigenvalue weighted by atomic mass is 10.1. The fourth-order valence-corrected chi connectivity index (χ4v) is 3.37. The van der Waals surface area contributed by atoms with Crippen molar-refractivity contribution in [2.45, 2.75) is 51.0 Å². The maximum atomic E-state index is 12.1. The number of hydroxylamine groups is 1. The van der Waals surface area contributed by atoms with Crippen LogP contribution in [-0.2, 0) is 14.4 Å². The monoisotopic (exact) mass is 471 g/mol. The average molecular weight is 472 g/mol. The third-order valence-corrected chi connectivity index (χ3v) is 5.12. The molecular weight excluding hydrogens is 438 g/mol. The second-order valence-corrected chi connectivity index (χ2v) is 7.86. The third kappa shape index (κ3) is 10.5. The molecule has 5 N–H and O–H groups in total. The number of aliphatic carboxylic acids is 1. The molecule has 2 aromatic carbocycles. The zero-order valence-electron chi connectivity index (χ0n) is 19.2. The molecule has 0 unspecified atom stereocenters. The summed E-state index contributed by atoms with van der Waals surface area (Å²) in [6, 6.07) is 15.4. The van der Waals surface area contributed by atoms with Crippen LogP contribution in [0.4, 0.5) is 5.69 Å². The molecule has 0 aromatic heterocycles. The minimum Gasteiger partial charge on any atom is -0.493 e. The molecule has 0 fully saturated rings. The first-order valence-corrected chi connectivity index (χ1v) is 11.5. The van der Waals surface area contributed by atoms with Crippen LogP contribution in [0.3, 0.4) is 0 Å². The van der Waals surface area contributed by atoms with Gasteiger partial charge >= 0.3 is 5.97 Å². The lowest BCUT2D eigenvalue weighted by Gasteiger charge is -2.15. The van der Waals surface area contributed by atoms with Crippen LogP contribution in [0.2, 0.25) is 0 Å². The maximum Gasteiger partial charge on any atom is 0.325 e. The summed E-state index contributed by atoms with van der Waals surface area (Å²) < 4.78 is 5.74. The Hall–Kier alpha value is -3.43. The lowest BCUT2D eigenvalue weighted by molar-refractivity contribution is -0.139. The number of hydrogen-bond donors (Lipinski definition) is 5. The molecular formula is C25H33N3O6. The standard InChI is InChI=1S/C25H33N3O6/c29-22(14-6-1-2-7-15-23(30)28-33)27-20-12-8-13-21(18-20)34-17-9-16-26-24(25(31)32)19-10-4-3-5-11-19/h3-5,8,10-13,18,24,26,33H,1-2,6-7,9,14-17H2,(H,27,29)(H,28,30)(H,31,32)/t24-/m0/s1. The summed E-state index contributed by atoms with van der Waals surface area (Å²) in [4.78, 5) is 34.6. The highest BCUT2D eigenvalue weighted by atomic mass is 16.5. The Morgan fingerprint density at radius 2 is 1.56 bits per heavy atom. The summed E-state index contributed by atoms with van der Waals surface area (Å²) >= 11 is 0. The highest BCUT2D eigenvalue weighted by molar-refractivity contribution is 5.90. The van der Waals surface area contributed by atoms with Gasteiger partial charge in [0.15, 0.2) is 0 Å². The van der Waals surface area contributed by atoms with E-state index < -0.39 is 17.9 Å². The van der Waals surface area contributed by atoms with Gasteiger partial charge in [-0.1, -0.05) is 49.2 Å². The van der Waals surface area contributed by atoms with E-state index in [0.29, 0.717) is 49.4 Å². The lowest BCUT2D eigenvalue weighted by Crippen LogP contribution is -2.29. The average Bonchev–Trinajstić information content (AvgIpc) is 2.83. The summed E-state index contributed by atoms with van der Waals surface area (Å²) in [6.45, 7) is 0.882. The smallest absolute Gasteiger partial charge is 0.325 e. The third-order valence-electron chi connectivity index (χ3n) is 5.12. The van der Waals surface area contributed by atoms with E-state index in [1.807, 2.05) is 18.2 Å². The number of carboxylic acid groups (broad SMARTS) is 1. The zero-order valence-corrected chi connectivity index (χ0v) is 19.2. The van der Waals surface area contributed by atoms with E-state index in [4.69, 9.17) is 9.94 Å². The van der Waals surface area contributed by atoms with E-state index >= 15 is 0 Å². The minimum absolute atomic E-state index is 0.0879. The molecule has 9 heteroatoms. The number of benzene rings is 2. The number of carboxylic acids is 1. The fourth-order valence-electron chi connectivity index (χ4n) is 3.37. The Morgan fingerprint density at radius 1 is 0.853 bits per heavy atom. The first-order chi connectivity index (χ1) is 16.5. The Kier molecular flexibility index (Phi) is 12.2. The van der Waals surface area contributed by atoms with E-state index in [0.717, 1.165) is 19.3 Å².